The fourth-order valence-electron chi connectivity index (χ4n) is 2.28. The van der Waals surface area contributed by atoms with Crippen LogP contribution in [0.5, 0.6) is 0 Å². The molecule has 0 unspecified atom stereocenters. The molecule has 1 aliphatic carbocycles. The molecule has 1 saturated carbocycles. The Morgan fingerprint density at radius 2 is 2.13 bits per heavy atom. The van der Waals surface area contributed by atoms with Crippen LogP contribution in [0.1, 0.15) is 54.3 Å². The number of rotatable bonds is 2. The number of hydrogen-bond donors (Lipinski definition) is 1. The minimum Gasteiger partial charge on any atom is -0.477 e. The summed E-state index contributed by atoms with van der Waals surface area (Å²) in [5, 5.41) is 13.3. The van der Waals surface area contributed by atoms with Crippen LogP contribution in [0.3, 0.4) is 0 Å². The zero-order valence-corrected chi connectivity index (χ0v) is 8.94. The van der Waals surface area contributed by atoms with Crippen LogP contribution >= 0.6 is 0 Å². The van der Waals surface area contributed by atoms with Crippen LogP contribution in [0.2, 0.25) is 0 Å². The summed E-state index contributed by atoms with van der Waals surface area (Å²) < 4.78 is 1.71. The molecular formula is C11H16N2O2. The second-order valence-corrected chi connectivity index (χ2v) is 4.21. The largest absolute Gasteiger partial charge is 0.477 e. The molecule has 15 heavy (non-hydrogen) atoms. The topological polar surface area (TPSA) is 55.1 Å². The van der Waals surface area contributed by atoms with Gasteiger partial charge < -0.3 is 5.11 Å². The van der Waals surface area contributed by atoms with E-state index in [0.717, 1.165) is 18.5 Å². The molecule has 0 aromatic carbocycles. The van der Waals surface area contributed by atoms with Gasteiger partial charge in [0.25, 0.3) is 0 Å². The van der Waals surface area contributed by atoms with E-state index in [-0.39, 0.29) is 0 Å². The Labute approximate surface area is 88.9 Å². The molecule has 1 aliphatic rings. The van der Waals surface area contributed by atoms with E-state index in [1.807, 2.05) is 6.92 Å². The van der Waals surface area contributed by atoms with Crippen LogP contribution in [0.4, 0.5) is 0 Å². The molecule has 0 spiro atoms. The minimum atomic E-state index is -0.874. The number of aryl methyl sites for hydroxylation is 1. The van der Waals surface area contributed by atoms with Crippen LogP contribution in [-0.2, 0) is 0 Å². The van der Waals surface area contributed by atoms with Crippen LogP contribution in [0.15, 0.2) is 6.07 Å². The summed E-state index contributed by atoms with van der Waals surface area (Å²) in [6.07, 6.45) is 5.74. The smallest absolute Gasteiger partial charge is 0.354 e. The summed E-state index contributed by atoms with van der Waals surface area (Å²) in [6, 6.07) is 1.94. The highest BCUT2D eigenvalue weighted by molar-refractivity contribution is 5.85. The van der Waals surface area contributed by atoms with Crippen molar-refractivity contribution in [3.05, 3.63) is 17.5 Å². The lowest BCUT2D eigenvalue weighted by molar-refractivity contribution is 0.0678. The van der Waals surface area contributed by atoms with E-state index in [9.17, 15) is 4.79 Å². The summed E-state index contributed by atoms with van der Waals surface area (Å²) in [5.74, 6) is -0.874. The quantitative estimate of drug-likeness (QED) is 0.811. The number of carboxylic acid groups (broad SMARTS) is 1. The predicted molar refractivity (Wildman–Crippen MR) is 56.0 cm³/mol. The molecule has 2 rings (SSSR count). The van der Waals surface area contributed by atoms with Crippen molar-refractivity contribution >= 4 is 5.97 Å². The number of aromatic carboxylic acids is 1. The van der Waals surface area contributed by atoms with E-state index in [2.05, 4.69) is 5.10 Å². The van der Waals surface area contributed by atoms with Crippen molar-refractivity contribution in [1.82, 2.24) is 9.78 Å². The zero-order valence-electron chi connectivity index (χ0n) is 8.94. The molecule has 1 heterocycles. The number of carbonyl (C=O) groups is 1. The number of hydrogen-bond acceptors (Lipinski definition) is 2. The van der Waals surface area contributed by atoms with Gasteiger partial charge in [-0.1, -0.05) is 19.3 Å². The zero-order chi connectivity index (χ0) is 10.8. The first-order chi connectivity index (χ1) is 7.18. The normalized spacial score (nSPS) is 17.9. The molecule has 1 aromatic rings. The van der Waals surface area contributed by atoms with Gasteiger partial charge >= 0.3 is 5.97 Å². The van der Waals surface area contributed by atoms with Crippen LogP contribution < -0.4 is 0 Å². The Morgan fingerprint density at radius 1 is 1.47 bits per heavy atom. The van der Waals surface area contributed by atoms with Gasteiger partial charge in [-0.15, -0.1) is 0 Å². The van der Waals surface area contributed by atoms with E-state index in [0.29, 0.717) is 11.7 Å². The maximum Gasteiger partial charge on any atom is 0.354 e. The molecule has 1 aromatic heterocycles. The fourth-order valence-corrected chi connectivity index (χ4v) is 2.28. The predicted octanol–water partition coefficient (Wildman–Crippen LogP) is 2.39. The van der Waals surface area contributed by atoms with Gasteiger partial charge in [-0.2, -0.15) is 5.10 Å². The maximum atomic E-state index is 11.0. The van der Waals surface area contributed by atoms with E-state index in [1.54, 1.807) is 10.7 Å². The summed E-state index contributed by atoms with van der Waals surface area (Å²) >= 11 is 0. The summed E-state index contributed by atoms with van der Waals surface area (Å²) in [5.41, 5.74) is 1.12. The standard InChI is InChI=1S/C11H16N2O2/c1-8-7-10(11(14)15)13(12-8)9-5-3-2-4-6-9/h7,9H,2-6H2,1H3,(H,14,15). The van der Waals surface area contributed by atoms with Gasteiger partial charge in [0.05, 0.1) is 11.7 Å². The van der Waals surface area contributed by atoms with Crippen molar-refractivity contribution in [2.75, 3.05) is 0 Å². The average molecular weight is 208 g/mol. The van der Waals surface area contributed by atoms with Crippen molar-refractivity contribution in [3.8, 4) is 0 Å². The van der Waals surface area contributed by atoms with Gasteiger partial charge in [-0.3, -0.25) is 4.68 Å². The molecule has 0 aliphatic heterocycles. The Kier molecular flexibility index (Phi) is 2.75. The van der Waals surface area contributed by atoms with Gasteiger partial charge in [-0.25, -0.2) is 4.79 Å². The maximum absolute atomic E-state index is 11.0. The van der Waals surface area contributed by atoms with Crippen molar-refractivity contribution in [3.63, 3.8) is 0 Å². The third-order valence-corrected chi connectivity index (χ3v) is 3.00. The molecule has 0 saturated heterocycles. The summed E-state index contributed by atoms with van der Waals surface area (Å²) in [6.45, 7) is 1.84. The lowest BCUT2D eigenvalue weighted by Gasteiger charge is -2.22. The van der Waals surface area contributed by atoms with E-state index < -0.39 is 5.97 Å². The van der Waals surface area contributed by atoms with Crippen LogP contribution in [-0.4, -0.2) is 20.9 Å². The van der Waals surface area contributed by atoms with Gasteiger partial charge in [0.1, 0.15) is 5.69 Å². The molecule has 4 heteroatoms. The Morgan fingerprint density at radius 3 is 2.73 bits per heavy atom. The number of nitrogens with zero attached hydrogens (tertiary/aromatic N) is 2. The average Bonchev–Trinajstić information content (AvgIpc) is 2.62. The first kappa shape index (κ1) is 10.2. The first-order valence-electron chi connectivity index (χ1n) is 5.48. The lowest BCUT2D eigenvalue weighted by Crippen LogP contribution is -2.18. The molecule has 0 bridgehead atoms. The molecule has 0 amide bonds. The van der Waals surface area contributed by atoms with Gasteiger partial charge in [0.2, 0.25) is 0 Å². The third kappa shape index (κ3) is 2.03. The first-order valence-corrected chi connectivity index (χ1v) is 5.48. The van der Waals surface area contributed by atoms with E-state index in [1.165, 1.54) is 19.3 Å². The SMILES string of the molecule is Cc1cc(C(=O)O)n(C2CCCCC2)n1. The molecule has 0 radical (unpaired) electrons. The molecule has 1 N–H and O–H groups in total. The minimum absolute atomic E-state index is 0.290. The second-order valence-electron chi connectivity index (χ2n) is 4.21. The third-order valence-electron chi connectivity index (χ3n) is 3.00. The molecule has 82 valence electrons. The Bertz CT molecular complexity index is 365. The van der Waals surface area contributed by atoms with Gasteiger partial charge in [0, 0.05) is 0 Å². The molecule has 4 nitrogen and oxygen atoms in total. The second kappa shape index (κ2) is 4.04. The van der Waals surface area contributed by atoms with E-state index in [4.69, 9.17) is 5.11 Å². The molecule has 1 fully saturated rings. The highest BCUT2D eigenvalue weighted by Gasteiger charge is 2.21. The summed E-state index contributed by atoms with van der Waals surface area (Å²) in [7, 11) is 0. The monoisotopic (exact) mass is 208 g/mol. The summed E-state index contributed by atoms with van der Waals surface area (Å²) in [4.78, 5) is 11.0. The lowest BCUT2D eigenvalue weighted by atomic mass is 9.95. The highest BCUT2D eigenvalue weighted by atomic mass is 16.4. The Balaban J connectivity index is 2.28. The van der Waals surface area contributed by atoms with Crippen molar-refractivity contribution in [2.45, 2.75) is 45.1 Å². The van der Waals surface area contributed by atoms with Gasteiger partial charge in [0.15, 0.2) is 0 Å². The fraction of sp³-hybridized carbons (Fsp3) is 0.636. The van der Waals surface area contributed by atoms with Crippen molar-refractivity contribution in [2.24, 2.45) is 0 Å². The van der Waals surface area contributed by atoms with Crippen LogP contribution in [0.25, 0.3) is 0 Å². The Hall–Kier alpha value is -1.32. The molecular weight excluding hydrogens is 192 g/mol. The van der Waals surface area contributed by atoms with Crippen molar-refractivity contribution < 1.29 is 9.90 Å². The number of carboxylic acids is 1. The van der Waals surface area contributed by atoms with Crippen molar-refractivity contribution in [1.29, 1.82) is 0 Å². The van der Waals surface area contributed by atoms with Gasteiger partial charge in [-0.05, 0) is 25.8 Å². The molecule has 0 atom stereocenters. The van der Waals surface area contributed by atoms with E-state index >= 15 is 0 Å². The highest BCUT2D eigenvalue weighted by Crippen LogP contribution is 2.28. The van der Waals surface area contributed by atoms with Crippen LogP contribution in [0, 0.1) is 6.92 Å². The number of aromatic nitrogens is 2.